The molecule has 0 aliphatic rings. The van der Waals surface area contributed by atoms with Gasteiger partial charge in [-0.15, -0.1) is 0 Å². The van der Waals surface area contributed by atoms with E-state index in [9.17, 15) is 4.79 Å². The average molecular weight is 448 g/mol. The highest BCUT2D eigenvalue weighted by molar-refractivity contribution is 7.22. The molecule has 0 saturated carbocycles. The molecular weight excluding hydrogens is 422 g/mol. The number of para-hydroxylation sites is 1. The topological polar surface area (TPSA) is 73.3 Å². The van der Waals surface area contributed by atoms with Crippen molar-refractivity contribution in [2.45, 2.75) is 33.1 Å². The van der Waals surface area contributed by atoms with Crippen molar-refractivity contribution < 1.29 is 14.3 Å². The van der Waals surface area contributed by atoms with Crippen LogP contribution in [0.4, 0.5) is 10.8 Å². The molecule has 1 N–H and O–H groups in total. The Morgan fingerprint density at radius 1 is 1.09 bits per heavy atom. The van der Waals surface area contributed by atoms with Crippen LogP contribution in [0.3, 0.4) is 0 Å². The summed E-state index contributed by atoms with van der Waals surface area (Å²) in [6.07, 6.45) is 1.70. The molecule has 0 radical (unpaired) electrons. The quantitative estimate of drug-likeness (QED) is 0.332. The van der Waals surface area contributed by atoms with Crippen molar-refractivity contribution in [1.82, 2.24) is 9.97 Å². The van der Waals surface area contributed by atoms with Gasteiger partial charge in [-0.2, -0.15) is 0 Å². The minimum absolute atomic E-state index is 0.0668. The van der Waals surface area contributed by atoms with Gasteiger partial charge >= 0.3 is 5.97 Å². The molecule has 2 aromatic carbocycles. The zero-order valence-corrected chi connectivity index (χ0v) is 19.3. The van der Waals surface area contributed by atoms with E-state index in [2.05, 4.69) is 42.1 Å². The maximum Gasteiger partial charge on any atom is 0.338 e. The highest BCUT2D eigenvalue weighted by atomic mass is 32.1. The molecule has 0 saturated heterocycles. The SMILES string of the molecule is CCOC(=O)c1ccc2nc(Nc3cccnc3Oc3ccccc3C(C)(C)C)sc2c1. The molecule has 4 aromatic rings. The van der Waals surface area contributed by atoms with E-state index in [0.717, 1.165) is 21.5 Å². The van der Waals surface area contributed by atoms with Crippen LogP contribution in [0.2, 0.25) is 0 Å². The smallest absolute Gasteiger partial charge is 0.338 e. The number of nitrogens with zero attached hydrogens (tertiary/aromatic N) is 2. The van der Waals surface area contributed by atoms with Gasteiger partial charge in [0.2, 0.25) is 5.88 Å². The van der Waals surface area contributed by atoms with Crippen molar-refractivity contribution in [3.8, 4) is 11.6 Å². The number of pyridine rings is 1. The summed E-state index contributed by atoms with van der Waals surface area (Å²) >= 11 is 1.45. The van der Waals surface area contributed by atoms with Crippen LogP contribution in [0, 0.1) is 0 Å². The van der Waals surface area contributed by atoms with Gasteiger partial charge in [-0.1, -0.05) is 50.3 Å². The van der Waals surface area contributed by atoms with Crippen LogP contribution in [0.15, 0.2) is 60.8 Å². The Morgan fingerprint density at radius 2 is 1.91 bits per heavy atom. The summed E-state index contributed by atoms with van der Waals surface area (Å²) in [5.74, 6) is 0.901. The average Bonchev–Trinajstić information content (AvgIpc) is 3.16. The first-order valence-electron chi connectivity index (χ1n) is 10.4. The number of anilines is 2. The van der Waals surface area contributed by atoms with Crippen molar-refractivity contribution in [2.75, 3.05) is 11.9 Å². The monoisotopic (exact) mass is 447 g/mol. The fourth-order valence-corrected chi connectivity index (χ4v) is 4.20. The van der Waals surface area contributed by atoms with Gasteiger partial charge in [0.15, 0.2) is 5.13 Å². The van der Waals surface area contributed by atoms with E-state index in [1.165, 1.54) is 11.3 Å². The number of fused-ring (bicyclic) bond motifs is 1. The molecule has 0 amide bonds. The van der Waals surface area contributed by atoms with Crippen LogP contribution in [0.1, 0.15) is 43.6 Å². The number of benzene rings is 2. The Bertz CT molecular complexity index is 1260. The van der Waals surface area contributed by atoms with Crippen molar-refractivity contribution >= 4 is 38.3 Å². The highest BCUT2D eigenvalue weighted by Gasteiger charge is 2.20. The Morgan fingerprint density at radius 3 is 2.69 bits per heavy atom. The summed E-state index contributed by atoms with van der Waals surface area (Å²) < 4.78 is 12.2. The number of nitrogens with one attached hydrogen (secondary N) is 1. The molecule has 0 atom stereocenters. The number of hydrogen-bond donors (Lipinski definition) is 1. The first-order valence-corrected chi connectivity index (χ1v) is 11.2. The van der Waals surface area contributed by atoms with Crippen molar-refractivity contribution in [1.29, 1.82) is 0 Å². The summed E-state index contributed by atoms with van der Waals surface area (Å²) in [6, 6.07) is 17.1. The lowest BCUT2D eigenvalue weighted by molar-refractivity contribution is 0.0526. The molecule has 4 rings (SSSR count). The number of thiazole rings is 1. The van der Waals surface area contributed by atoms with E-state index < -0.39 is 0 Å². The van der Waals surface area contributed by atoms with Gasteiger partial charge in [0.1, 0.15) is 11.4 Å². The fourth-order valence-electron chi connectivity index (χ4n) is 3.28. The fraction of sp³-hybridized carbons (Fsp3) is 0.240. The molecule has 0 fully saturated rings. The number of ether oxygens (including phenoxy) is 2. The standard InChI is InChI=1S/C25H25N3O3S/c1-5-30-23(29)16-12-13-18-21(15-16)32-24(27-18)28-19-10-8-14-26-22(19)31-20-11-7-6-9-17(20)25(2,3)4/h6-15H,5H2,1-4H3,(H,27,28). The van der Waals surface area contributed by atoms with E-state index >= 15 is 0 Å². The zero-order chi connectivity index (χ0) is 22.7. The lowest BCUT2D eigenvalue weighted by atomic mass is 9.86. The van der Waals surface area contributed by atoms with Crippen LogP contribution < -0.4 is 10.1 Å². The van der Waals surface area contributed by atoms with E-state index in [1.807, 2.05) is 36.4 Å². The van der Waals surface area contributed by atoms with Gasteiger partial charge in [0.25, 0.3) is 0 Å². The van der Waals surface area contributed by atoms with Gasteiger partial charge in [0.05, 0.1) is 22.4 Å². The molecular formula is C25H25N3O3S. The molecule has 0 aliphatic heterocycles. The lowest BCUT2D eigenvalue weighted by Gasteiger charge is -2.22. The van der Waals surface area contributed by atoms with Crippen LogP contribution in [-0.4, -0.2) is 22.5 Å². The van der Waals surface area contributed by atoms with Gasteiger partial charge in [-0.25, -0.2) is 14.8 Å². The predicted molar refractivity (Wildman–Crippen MR) is 128 cm³/mol. The van der Waals surface area contributed by atoms with Gasteiger partial charge in [-0.05, 0) is 48.7 Å². The van der Waals surface area contributed by atoms with E-state index in [0.29, 0.717) is 28.9 Å². The molecule has 0 aliphatic carbocycles. The normalized spacial score (nSPS) is 11.4. The van der Waals surface area contributed by atoms with Gasteiger partial charge in [-0.3, -0.25) is 0 Å². The summed E-state index contributed by atoms with van der Waals surface area (Å²) in [4.78, 5) is 21.1. The van der Waals surface area contributed by atoms with Gasteiger partial charge < -0.3 is 14.8 Å². The van der Waals surface area contributed by atoms with Crippen LogP contribution in [0.5, 0.6) is 11.6 Å². The molecule has 32 heavy (non-hydrogen) atoms. The zero-order valence-electron chi connectivity index (χ0n) is 18.5. The Balaban J connectivity index is 1.62. The second-order valence-corrected chi connectivity index (χ2v) is 9.28. The Labute approximate surface area is 191 Å². The largest absolute Gasteiger partial charge is 0.462 e. The molecule has 7 heteroatoms. The van der Waals surface area contributed by atoms with Crippen LogP contribution in [0.25, 0.3) is 10.2 Å². The molecule has 0 bridgehead atoms. The summed E-state index contributed by atoms with van der Waals surface area (Å²) in [5.41, 5.74) is 3.06. The molecule has 0 spiro atoms. The van der Waals surface area contributed by atoms with Crippen LogP contribution in [-0.2, 0) is 10.2 Å². The third-order valence-corrected chi connectivity index (χ3v) is 5.75. The minimum atomic E-state index is -0.335. The van der Waals surface area contributed by atoms with Crippen LogP contribution >= 0.6 is 11.3 Å². The predicted octanol–water partition coefficient (Wildman–Crippen LogP) is 6.70. The van der Waals surface area contributed by atoms with Crippen molar-refractivity contribution in [3.63, 3.8) is 0 Å². The lowest BCUT2D eigenvalue weighted by Crippen LogP contribution is -2.12. The first kappa shape index (κ1) is 21.8. The second kappa shape index (κ2) is 8.96. The Kier molecular flexibility index (Phi) is 6.10. The van der Waals surface area contributed by atoms with E-state index in [-0.39, 0.29) is 11.4 Å². The van der Waals surface area contributed by atoms with E-state index in [4.69, 9.17) is 9.47 Å². The molecule has 164 valence electrons. The number of carbonyl (C=O) groups excluding carboxylic acids is 1. The molecule has 6 nitrogen and oxygen atoms in total. The number of esters is 1. The third kappa shape index (κ3) is 4.73. The van der Waals surface area contributed by atoms with Crippen molar-refractivity contribution in [2.24, 2.45) is 0 Å². The number of carbonyl (C=O) groups is 1. The van der Waals surface area contributed by atoms with Gasteiger partial charge in [0, 0.05) is 11.8 Å². The minimum Gasteiger partial charge on any atom is -0.462 e. The molecule has 2 heterocycles. The first-order chi connectivity index (χ1) is 15.3. The maximum atomic E-state index is 12.0. The van der Waals surface area contributed by atoms with Crippen molar-refractivity contribution in [3.05, 3.63) is 71.9 Å². The van der Waals surface area contributed by atoms with E-state index in [1.54, 1.807) is 25.3 Å². The Hall–Kier alpha value is -3.45. The summed E-state index contributed by atoms with van der Waals surface area (Å²) in [6.45, 7) is 8.59. The summed E-state index contributed by atoms with van der Waals surface area (Å²) in [7, 11) is 0. The third-order valence-electron chi connectivity index (χ3n) is 4.81. The highest BCUT2D eigenvalue weighted by Crippen LogP contribution is 2.37. The number of rotatable bonds is 6. The second-order valence-electron chi connectivity index (χ2n) is 8.25. The molecule has 2 aromatic heterocycles. The number of aromatic nitrogens is 2. The maximum absolute atomic E-state index is 12.0. The number of hydrogen-bond acceptors (Lipinski definition) is 7. The summed E-state index contributed by atoms with van der Waals surface area (Å²) in [5, 5.41) is 4.00. The molecule has 0 unspecified atom stereocenters.